The van der Waals surface area contributed by atoms with E-state index in [9.17, 15) is 14.4 Å². The van der Waals surface area contributed by atoms with Crippen molar-refractivity contribution in [2.75, 3.05) is 56.2 Å². The quantitative estimate of drug-likeness (QED) is 0.772. The van der Waals surface area contributed by atoms with Gasteiger partial charge in [0.15, 0.2) is 6.61 Å². The van der Waals surface area contributed by atoms with Crippen LogP contribution in [0.1, 0.15) is 0 Å². The summed E-state index contributed by atoms with van der Waals surface area (Å²) < 4.78 is 15.1. The third kappa shape index (κ3) is 3.75. The number of carbonyl (C=O) groups excluding carboxylic acids is 2. The maximum atomic E-state index is 12.7. The lowest BCUT2D eigenvalue weighted by Crippen LogP contribution is -2.53. The van der Waals surface area contributed by atoms with E-state index in [1.54, 1.807) is 18.1 Å². The number of amides is 2. The number of benzene rings is 1. The van der Waals surface area contributed by atoms with E-state index in [2.05, 4.69) is 9.88 Å². The third-order valence-electron chi connectivity index (χ3n) is 4.92. The van der Waals surface area contributed by atoms with Gasteiger partial charge in [-0.3, -0.25) is 19.5 Å². The molecule has 0 atom stereocenters. The van der Waals surface area contributed by atoms with Crippen molar-refractivity contribution in [1.82, 2.24) is 9.88 Å². The monoisotopic (exact) mass is 422 g/mol. The van der Waals surface area contributed by atoms with Crippen molar-refractivity contribution >= 4 is 34.9 Å². The lowest BCUT2D eigenvalue weighted by Gasteiger charge is -2.37. The molecule has 4 rings (SSSR count). The summed E-state index contributed by atoms with van der Waals surface area (Å²) in [5.74, 6) is -0.792. The van der Waals surface area contributed by atoms with Gasteiger partial charge in [-0.2, -0.15) is 0 Å². The topological polar surface area (TPSA) is 108 Å². The standard InChI is InChI=1S/C18H19ClN4O6/c1-27-13-8-11(2-3-12(13)19)21-4-6-22(7-5-21)14(24)9-23-15(25)10-28-17-16(23)20-18(26)29-17/h2-3,8H,4-7,9-10H2,1H3,(H,20,26). The fourth-order valence-corrected chi connectivity index (χ4v) is 3.57. The molecule has 1 saturated heterocycles. The van der Waals surface area contributed by atoms with Crippen molar-refractivity contribution in [3.05, 3.63) is 33.8 Å². The van der Waals surface area contributed by atoms with E-state index in [-0.39, 0.29) is 30.8 Å². The fourth-order valence-electron chi connectivity index (χ4n) is 3.37. The number of fused-ring (bicyclic) bond motifs is 1. The van der Waals surface area contributed by atoms with E-state index in [1.807, 2.05) is 12.1 Å². The molecule has 1 N–H and O–H groups in total. The molecule has 0 bridgehead atoms. The lowest BCUT2D eigenvalue weighted by atomic mass is 10.2. The van der Waals surface area contributed by atoms with Crippen LogP contribution in [0.4, 0.5) is 11.5 Å². The predicted molar refractivity (Wildman–Crippen MR) is 104 cm³/mol. The Morgan fingerprint density at radius 3 is 2.72 bits per heavy atom. The molecule has 1 fully saturated rings. The number of rotatable bonds is 4. The summed E-state index contributed by atoms with van der Waals surface area (Å²) in [7, 11) is 1.56. The Balaban J connectivity index is 1.40. The van der Waals surface area contributed by atoms with E-state index >= 15 is 0 Å². The molecule has 29 heavy (non-hydrogen) atoms. The van der Waals surface area contributed by atoms with Crippen LogP contribution in [-0.2, 0) is 9.59 Å². The molecule has 2 amide bonds. The lowest BCUT2D eigenvalue weighted by molar-refractivity contribution is -0.132. The van der Waals surface area contributed by atoms with Gasteiger partial charge in [0.25, 0.3) is 5.91 Å². The highest BCUT2D eigenvalue weighted by Gasteiger charge is 2.33. The van der Waals surface area contributed by atoms with Crippen LogP contribution in [0.15, 0.2) is 27.4 Å². The Labute approximate surface area is 170 Å². The molecule has 0 radical (unpaired) electrons. The van der Waals surface area contributed by atoms with Gasteiger partial charge < -0.3 is 23.7 Å². The second-order valence-electron chi connectivity index (χ2n) is 6.61. The summed E-state index contributed by atoms with van der Waals surface area (Å²) in [5, 5.41) is 0.539. The molecular weight excluding hydrogens is 404 g/mol. The molecule has 1 aromatic carbocycles. The summed E-state index contributed by atoms with van der Waals surface area (Å²) >= 11 is 6.08. The first kappa shape index (κ1) is 19.2. The minimum atomic E-state index is -0.742. The van der Waals surface area contributed by atoms with Crippen LogP contribution in [0.2, 0.25) is 5.02 Å². The number of H-pyrrole nitrogens is 1. The second-order valence-corrected chi connectivity index (χ2v) is 7.01. The van der Waals surface area contributed by atoms with Gasteiger partial charge in [0.05, 0.1) is 12.1 Å². The van der Waals surface area contributed by atoms with E-state index in [4.69, 9.17) is 25.5 Å². The molecule has 11 heteroatoms. The Morgan fingerprint density at radius 1 is 1.24 bits per heavy atom. The first-order valence-corrected chi connectivity index (χ1v) is 9.36. The molecule has 0 aliphatic carbocycles. The van der Waals surface area contributed by atoms with Crippen LogP contribution in [0.3, 0.4) is 0 Å². The number of carbonyl (C=O) groups is 2. The first-order chi connectivity index (χ1) is 14.0. The number of methoxy groups -OCH3 is 1. The molecule has 2 aliphatic heterocycles. The SMILES string of the molecule is COc1cc(N2CCN(C(=O)CN3C(=O)COc4oc(=O)[nH]c43)CC2)ccc1Cl. The zero-order valence-corrected chi connectivity index (χ0v) is 16.4. The van der Waals surface area contributed by atoms with Crippen molar-refractivity contribution in [2.45, 2.75) is 0 Å². The average Bonchev–Trinajstić information content (AvgIpc) is 3.11. The molecule has 10 nitrogen and oxygen atoms in total. The summed E-state index contributed by atoms with van der Waals surface area (Å²) in [6, 6.07) is 5.55. The number of hydrogen-bond acceptors (Lipinski definition) is 7. The zero-order chi connectivity index (χ0) is 20.5. The van der Waals surface area contributed by atoms with E-state index in [0.717, 1.165) is 5.69 Å². The van der Waals surface area contributed by atoms with Crippen molar-refractivity contribution in [3.8, 4) is 11.7 Å². The minimum absolute atomic E-state index is 0.0755. The number of ether oxygens (including phenoxy) is 2. The van der Waals surface area contributed by atoms with Crippen LogP contribution in [0, 0.1) is 0 Å². The molecule has 154 valence electrons. The number of hydrogen-bond donors (Lipinski definition) is 1. The molecule has 0 unspecified atom stereocenters. The first-order valence-electron chi connectivity index (χ1n) is 8.99. The van der Waals surface area contributed by atoms with Crippen molar-refractivity contribution in [1.29, 1.82) is 0 Å². The molecule has 1 aromatic heterocycles. The Kier molecular flexibility index (Phi) is 5.10. The van der Waals surface area contributed by atoms with E-state index in [0.29, 0.717) is 37.0 Å². The minimum Gasteiger partial charge on any atom is -0.495 e. The van der Waals surface area contributed by atoms with E-state index < -0.39 is 11.7 Å². The second kappa shape index (κ2) is 7.70. The van der Waals surface area contributed by atoms with Crippen LogP contribution in [0.5, 0.6) is 11.7 Å². The summed E-state index contributed by atoms with van der Waals surface area (Å²) in [4.78, 5) is 43.6. The zero-order valence-electron chi connectivity index (χ0n) is 15.6. The Morgan fingerprint density at radius 2 is 2.00 bits per heavy atom. The highest BCUT2D eigenvalue weighted by Crippen LogP contribution is 2.30. The van der Waals surface area contributed by atoms with Crippen LogP contribution in [0.25, 0.3) is 0 Å². The average molecular weight is 423 g/mol. The maximum absolute atomic E-state index is 12.7. The number of piperazine rings is 1. The number of nitrogens with zero attached hydrogens (tertiary/aromatic N) is 3. The van der Waals surface area contributed by atoms with Crippen molar-refractivity contribution in [3.63, 3.8) is 0 Å². The van der Waals surface area contributed by atoms with Gasteiger partial charge in [0.1, 0.15) is 12.3 Å². The number of oxazole rings is 1. The highest BCUT2D eigenvalue weighted by molar-refractivity contribution is 6.32. The number of aromatic nitrogens is 1. The summed E-state index contributed by atoms with van der Waals surface area (Å²) in [6.45, 7) is 1.77. The van der Waals surface area contributed by atoms with Gasteiger partial charge in [-0.15, -0.1) is 0 Å². The maximum Gasteiger partial charge on any atom is 0.420 e. The van der Waals surface area contributed by atoms with Crippen LogP contribution in [-0.4, -0.2) is 68.1 Å². The van der Waals surface area contributed by atoms with Crippen LogP contribution >= 0.6 is 11.6 Å². The highest BCUT2D eigenvalue weighted by atomic mass is 35.5. The number of halogens is 1. The normalized spacial score (nSPS) is 16.5. The number of nitrogens with one attached hydrogen (secondary N) is 1. The molecule has 3 heterocycles. The molecule has 2 aromatic rings. The molecule has 0 spiro atoms. The largest absolute Gasteiger partial charge is 0.495 e. The summed E-state index contributed by atoms with van der Waals surface area (Å²) in [5.41, 5.74) is 0.960. The predicted octanol–water partition coefficient (Wildman–Crippen LogP) is 0.704. The molecular formula is C18H19ClN4O6. The summed E-state index contributed by atoms with van der Waals surface area (Å²) in [6.07, 6.45) is 0. The van der Waals surface area contributed by atoms with Gasteiger partial charge in [0.2, 0.25) is 11.7 Å². The van der Waals surface area contributed by atoms with Gasteiger partial charge in [-0.1, -0.05) is 11.6 Å². The molecule has 2 aliphatic rings. The van der Waals surface area contributed by atoms with Gasteiger partial charge in [-0.25, -0.2) is 4.79 Å². The van der Waals surface area contributed by atoms with Gasteiger partial charge in [0, 0.05) is 37.9 Å². The fraction of sp³-hybridized carbons (Fsp3) is 0.389. The van der Waals surface area contributed by atoms with E-state index in [1.165, 1.54) is 4.90 Å². The van der Waals surface area contributed by atoms with Gasteiger partial charge >= 0.3 is 11.7 Å². The number of aromatic amines is 1. The smallest absolute Gasteiger partial charge is 0.420 e. The van der Waals surface area contributed by atoms with Crippen molar-refractivity contribution < 1.29 is 23.5 Å². The van der Waals surface area contributed by atoms with Crippen molar-refractivity contribution in [2.24, 2.45) is 0 Å². The number of anilines is 2. The van der Waals surface area contributed by atoms with Crippen LogP contribution < -0.4 is 25.0 Å². The Bertz CT molecular complexity index is 994. The third-order valence-corrected chi connectivity index (χ3v) is 5.23. The Hall–Kier alpha value is -3.14. The molecule has 0 saturated carbocycles. The van der Waals surface area contributed by atoms with Gasteiger partial charge in [-0.05, 0) is 12.1 Å².